The third-order valence-electron chi connectivity index (χ3n) is 7.60. The molecule has 2 amide bonds. The molecule has 2 aliphatic rings. The molecule has 0 spiro atoms. The van der Waals surface area contributed by atoms with E-state index in [0.717, 1.165) is 38.5 Å². The standard InChI is InChI=1S/C31H39FN4O5/c1-17-26(29(37)35-19-8-10-20(11-9-19)36-30(38)41-31(2,3)4)28-27(34-17)21(12-13-33-28)22-14-23(32)25(39-5)15-24(22)40-16-18-6-7-18/h12-15,18-20,34H,6-11,16H2,1-5H3,(H,35,37)(H,36,38). The van der Waals surface area contributed by atoms with Crippen LogP contribution in [0.4, 0.5) is 9.18 Å². The second-order valence-corrected chi connectivity index (χ2v) is 12.1. The van der Waals surface area contributed by atoms with Gasteiger partial charge in [0.2, 0.25) is 0 Å². The van der Waals surface area contributed by atoms with Crippen molar-refractivity contribution in [3.05, 3.63) is 41.5 Å². The van der Waals surface area contributed by atoms with E-state index in [0.29, 0.717) is 51.7 Å². The maximum Gasteiger partial charge on any atom is 0.407 e. The maximum atomic E-state index is 14.9. The number of rotatable bonds is 8. The van der Waals surface area contributed by atoms with Crippen LogP contribution in [0.2, 0.25) is 0 Å². The Morgan fingerprint density at radius 1 is 1.02 bits per heavy atom. The maximum absolute atomic E-state index is 14.9. The van der Waals surface area contributed by atoms with Crippen molar-refractivity contribution in [1.82, 2.24) is 20.6 Å². The summed E-state index contributed by atoms with van der Waals surface area (Å²) < 4.78 is 31.5. The van der Waals surface area contributed by atoms with Gasteiger partial charge in [0.15, 0.2) is 11.6 Å². The highest BCUT2D eigenvalue weighted by Gasteiger charge is 2.28. The van der Waals surface area contributed by atoms with Crippen LogP contribution in [0.5, 0.6) is 11.5 Å². The number of nitrogens with zero attached hydrogens (tertiary/aromatic N) is 1. The van der Waals surface area contributed by atoms with Crippen LogP contribution in [0, 0.1) is 18.7 Å². The number of carbonyl (C=O) groups is 2. The van der Waals surface area contributed by atoms with Crippen LogP contribution in [0.15, 0.2) is 24.4 Å². The van der Waals surface area contributed by atoms with Gasteiger partial charge in [-0.1, -0.05) is 0 Å². The van der Waals surface area contributed by atoms with Gasteiger partial charge in [-0.2, -0.15) is 0 Å². The van der Waals surface area contributed by atoms with Crippen molar-refractivity contribution in [3.63, 3.8) is 0 Å². The van der Waals surface area contributed by atoms with Gasteiger partial charge in [0.25, 0.3) is 5.91 Å². The van der Waals surface area contributed by atoms with Gasteiger partial charge in [0.05, 0.1) is 24.8 Å². The fourth-order valence-electron chi connectivity index (χ4n) is 5.33. The summed E-state index contributed by atoms with van der Waals surface area (Å²) >= 11 is 0. The number of nitrogens with one attached hydrogen (secondary N) is 3. The topological polar surface area (TPSA) is 115 Å². The highest BCUT2D eigenvalue weighted by atomic mass is 19.1. The van der Waals surface area contributed by atoms with Crippen molar-refractivity contribution in [2.75, 3.05) is 13.7 Å². The predicted molar refractivity (Wildman–Crippen MR) is 154 cm³/mol. The summed E-state index contributed by atoms with van der Waals surface area (Å²) in [4.78, 5) is 33.5. The van der Waals surface area contributed by atoms with E-state index in [-0.39, 0.29) is 23.7 Å². The van der Waals surface area contributed by atoms with Crippen LogP contribution in [0.1, 0.15) is 75.3 Å². The number of aryl methyl sites for hydroxylation is 1. The Balaban J connectivity index is 1.33. The number of methoxy groups -OCH3 is 1. The summed E-state index contributed by atoms with van der Waals surface area (Å²) in [6.45, 7) is 7.89. The van der Waals surface area contributed by atoms with E-state index in [4.69, 9.17) is 14.2 Å². The molecule has 5 rings (SSSR count). The van der Waals surface area contributed by atoms with E-state index in [1.165, 1.54) is 13.2 Å². The van der Waals surface area contributed by atoms with E-state index in [2.05, 4.69) is 20.6 Å². The molecule has 2 heterocycles. The summed E-state index contributed by atoms with van der Waals surface area (Å²) in [6.07, 6.45) is 6.42. The number of aromatic nitrogens is 2. The zero-order valence-corrected chi connectivity index (χ0v) is 24.4. The van der Waals surface area contributed by atoms with Crippen molar-refractivity contribution >= 4 is 23.0 Å². The molecule has 41 heavy (non-hydrogen) atoms. The number of amides is 2. The number of benzene rings is 1. The molecular weight excluding hydrogens is 527 g/mol. The molecule has 1 aromatic carbocycles. The minimum atomic E-state index is -0.549. The predicted octanol–water partition coefficient (Wildman–Crippen LogP) is 6.04. The lowest BCUT2D eigenvalue weighted by atomic mass is 9.91. The van der Waals surface area contributed by atoms with Crippen molar-refractivity contribution in [2.45, 2.75) is 83.9 Å². The Labute approximate surface area is 239 Å². The lowest BCUT2D eigenvalue weighted by molar-refractivity contribution is 0.0488. The van der Waals surface area contributed by atoms with E-state index in [1.54, 1.807) is 18.3 Å². The van der Waals surface area contributed by atoms with Gasteiger partial charge in [-0.15, -0.1) is 0 Å². The lowest BCUT2D eigenvalue weighted by Crippen LogP contribution is -2.45. The molecule has 9 nitrogen and oxygen atoms in total. The fraction of sp³-hybridized carbons (Fsp3) is 0.516. The van der Waals surface area contributed by atoms with Gasteiger partial charge in [-0.25, -0.2) is 9.18 Å². The summed E-state index contributed by atoms with van der Waals surface area (Å²) in [7, 11) is 1.43. The molecule has 0 bridgehead atoms. The Bertz CT molecular complexity index is 1430. The third kappa shape index (κ3) is 6.74. The smallest absolute Gasteiger partial charge is 0.407 e. The van der Waals surface area contributed by atoms with Gasteiger partial charge < -0.3 is 29.8 Å². The monoisotopic (exact) mass is 566 g/mol. The quantitative estimate of drug-likeness (QED) is 0.306. The zero-order chi connectivity index (χ0) is 29.3. The van der Waals surface area contributed by atoms with Crippen LogP contribution in [-0.4, -0.2) is 53.4 Å². The first-order chi connectivity index (χ1) is 19.5. The van der Waals surface area contributed by atoms with Crippen LogP contribution >= 0.6 is 0 Å². The molecule has 0 atom stereocenters. The highest BCUT2D eigenvalue weighted by molar-refractivity contribution is 6.09. The zero-order valence-electron chi connectivity index (χ0n) is 24.4. The van der Waals surface area contributed by atoms with E-state index in [9.17, 15) is 14.0 Å². The SMILES string of the molecule is COc1cc(OCC2CC2)c(-c2ccnc3c(C(=O)NC4CCC(NC(=O)OC(C)(C)C)CC4)c(C)[nH]c23)cc1F. The molecule has 220 valence electrons. The minimum Gasteiger partial charge on any atom is -0.494 e. The van der Waals surface area contributed by atoms with E-state index in [1.807, 2.05) is 27.7 Å². The Kier molecular flexibility index (Phi) is 8.11. The molecule has 3 aromatic rings. The molecule has 0 radical (unpaired) electrons. The molecular formula is C31H39FN4O5. The van der Waals surface area contributed by atoms with Gasteiger partial charge in [0, 0.05) is 41.2 Å². The molecule has 0 aliphatic heterocycles. The molecule has 0 saturated heterocycles. The largest absolute Gasteiger partial charge is 0.494 e. The van der Waals surface area contributed by atoms with E-state index >= 15 is 0 Å². The number of fused-ring (bicyclic) bond motifs is 1. The van der Waals surface area contributed by atoms with Crippen LogP contribution in [0.3, 0.4) is 0 Å². The molecule has 0 unspecified atom stereocenters. The average molecular weight is 567 g/mol. The lowest BCUT2D eigenvalue weighted by Gasteiger charge is -2.30. The number of hydrogen-bond acceptors (Lipinski definition) is 6. The summed E-state index contributed by atoms with van der Waals surface area (Å²) in [5.74, 6) is 0.445. The first-order valence-electron chi connectivity index (χ1n) is 14.3. The van der Waals surface area contributed by atoms with Crippen LogP contribution < -0.4 is 20.1 Å². The van der Waals surface area contributed by atoms with Gasteiger partial charge in [0.1, 0.15) is 16.9 Å². The summed E-state index contributed by atoms with van der Waals surface area (Å²) in [6, 6.07) is 4.78. The van der Waals surface area contributed by atoms with Gasteiger partial charge >= 0.3 is 6.09 Å². The first-order valence-corrected chi connectivity index (χ1v) is 14.3. The summed E-state index contributed by atoms with van der Waals surface area (Å²) in [5, 5.41) is 6.09. The highest BCUT2D eigenvalue weighted by Crippen LogP contribution is 2.40. The molecule has 2 fully saturated rings. The normalized spacial score (nSPS) is 19.1. The molecule has 2 aromatic heterocycles. The van der Waals surface area contributed by atoms with Crippen molar-refractivity contribution in [2.24, 2.45) is 5.92 Å². The minimum absolute atomic E-state index is 0.0123. The Morgan fingerprint density at radius 2 is 1.71 bits per heavy atom. The number of aromatic amines is 1. The Hall–Kier alpha value is -3.82. The Morgan fingerprint density at radius 3 is 2.34 bits per heavy atom. The molecule has 3 N–H and O–H groups in total. The second-order valence-electron chi connectivity index (χ2n) is 12.1. The number of halogens is 1. The summed E-state index contributed by atoms with van der Waals surface area (Å²) in [5.41, 5.74) is 3.01. The fourth-order valence-corrected chi connectivity index (χ4v) is 5.33. The molecule has 10 heteroatoms. The number of hydrogen-bond donors (Lipinski definition) is 3. The number of alkyl carbamates (subject to hydrolysis) is 1. The number of H-pyrrole nitrogens is 1. The number of pyridine rings is 1. The molecule has 2 aliphatic carbocycles. The van der Waals surface area contributed by atoms with Crippen molar-refractivity contribution < 1.29 is 28.2 Å². The average Bonchev–Trinajstić information content (AvgIpc) is 3.67. The second kappa shape index (κ2) is 11.6. The molecule has 2 saturated carbocycles. The van der Waals surface area contributed by atoms with Crippen LogP contribution in [0.25, 0.3) is 22.2 Å². The van der Waals surface area contributed by atoms with Gasteiger partial charge in [-0.3, -0.25) is 9.78 Å². The van der Waals surface area contributed by atoms with Gasteiger partial charge in [-0.05, 0) is 84.3 Å². The van der Waals surface area contributed by atoms with E-state index < -0.39 is 17.5 Å². The van der Waals surface area contributed by atoms with Crippen molar-refractivity contribution in [1.29, 1.82) is 0 Å². The number of ether oxygens (including phenoxy) is 3. The third-order valence-corrected chi connectivity index (χ3v) is 7.60. The first kappa shape index (κ1) is 28.7. The number of carbonyl (C=O) groups excluding carboxylic acids is 2. The van der Waals surface area contributed by atoms with Crippen LogP contribution in [-0.2, 0) is 4.74 Å². The van der Waals surface area contributed by atoms with Crippen molar-refractivity contribution in [3.8, 4) is 22.6 Å².